The summed E-state index contributed by atoms with van der Waals surface area (Å²) in [6.45, 7) is 8.39. The van der Waals surface area contributed by atoms with Crippen molar-refractivity contribution in [2.24, 2.45) is 5.73 Å². The molecule has 0 unspecified atom stereocenters. The van der Waals surface area contributed by atoms with Gasteiger partial charge in [-0.15, -0.1) is 0 Å². The molecule has 1 aliphatic heterocycles. The maximum Gasteiger partial charge on any atom is 0.0625 e. The van der Waals surface area contributed by atoms with E-state index in [0.29, 0.717) is 6.04 Å². The van der Waals surface area contributed by atoms with Crippen LogP contribution in [-0.2, 0) is 19.5 Å². The van der Waals surface area contributed by atoms with Crippen molar-refractivity contribution in [3.8, 4) is 0 Å². The predicted octanol–water partition coefficient (Wildman–Crippen LogP) is 0.998. The molecular formula is C12H22N4. The second-order valence-corrected chi connectivity index (χ2v) is 4.58. The molecule has 0 amide bonds. The largest absolute Gasteiger partial charge is 0.326 e. The highest BCUT2D eigenvalue weighted by atomic mass is 15.3. The minimum atomic E-state index is 0.364. The molecular weight excluding hydrogens is 200 g/mol. The van der Waals surface area contributed by atoms with Crippen molar-refractivity contribution in [1.82, 2.24) is 14.7 Å². The Balaban J connectivity index is 2.05. The molecule has 2 rings (SSSR count). The van der Waals surface area contributed by atoms with E-state index in [1.54, 1.807) is 0 Å². The van der Waals surface area contributed by atoms with Crippen molar-refractivity contribution in [2.45, 2.75) is 45.8 Å². The average molecular weight is 222 g/mol. The number of nitrogens with zero attached hydrogens (tertiary/aromatic N) is 3. The Bertz CT molecular complexity index is 345. The van der Waals surface area contributed by atoms with Crippen molar-refractivity contribution >= 4 is 0 Å². The Morgan fingerprint density at radius 2 is 2.31 bits per heavy atom. The molecule has 0 radical (unpaired) electrons. The van der Waals surface area contributed by atoms with Gasteiger partial charge in [-0.2, -0.15) is 5.10 Å². The standard InChI is InChI=1S/C12H22N4/c1-3-11-7-12(16(4-2)14-11)9-15-6-5-10(13)8-15/h7,10H,3-6,8-9,13H2,1-2H3/t10-/m1/s1. The van der Waals surface area contributed by atoms with Crippen molar-refractivity contribution < 1.29 is 0 Å². The molecule has 16 heavy (non-hydrogen) atoms. The molecule has 2 N–H and O–H groups in total. The molecule has 1 fully saturated rings. The molecule has 0 spiro atoms. The summed E-state index contributed by atoms with van der Waals surface area (Å²) in [5.41, 5.74) is 8.44. The SMILES string of the molecule is CCc1cc(CN2CC[C@@H](N)C2)n(CC)n1. The van der Waals surface area contributed by atoms with E-state index in [1.165, 1.54) is 11.4 Å². The number of hydrogen-bond acceptors (Lipinski definition) is 3. The van der Waals surface area contributed by atoms with Gasteiger partial charge < -0.3 is 5.73 Å². The fourth-order valence-corrected chi connectivity index (χ4v) is 2.32. The van der Waals surface area contributed by atoms with Crippen LogP contribution in [0.15, 0.2) is 6.07 Å². The maximum atomic E-state index is 5.92. The van der Waals surface area contributed by atoms with Crippen LogP contribution in [0.2, 0.25) is 0 Å². The lowest BCUT2D eigenvalue weighted by Crippen LogP contribution is -2.27. The zero-order chi connectivity index (χ0) is 11.5. The van der Waals surface area contributed by atoms with Crippen LogP contribution in [0.4, 0.5) is 0 Å². The van der Waals surface area contributed by atoms with Crippen molar-refractivity contribution in [1.29, 1.82) is 0 Å². The van der Waals surface area contributed by atoms with Gasteiger partial charge in [0, 0.05) is 32.2 Å². The zero-order valence-corrected chi connectivity index (χ0v) is 10.3. The van der Waals surface area contributed by atoms with E-state index >= 15 is 0 Å². The molecule has 1 aliphatic rings. The number of aryl methyl sites for hydroxylation is 2. The second-order valence-electron chi connectivity index (χ2n) is 4.58. The topological polar surface area (TPSA) is 47.1 Å². The molecule has 4 heteroatoms. The van der Waals surface area contributed by atoms with E-state index in [2.05, 4.69) is 34.6 Å². The van der Waals surface area contributed by atoms with E-state index in [0.717, 1.165) is 39.0 Å². The summed E-state index contributed by atoms with van der Waals surface area (Å²) in [5, 5.41) is 4.57. The third kappa shape index (κ3) is 2.44. The quantitative estimate of drug-likeness (QED) is 0.826. The minimum absolute atomic E-state index is 0.364. The number of rotatable bonds is 4. The highest BCUT2D eigenvalue weighted by Gasteiger charge is 2.20. The van der Waals surface area contributed by atoms with Crippen molar-refractivity contribution in [3.05, 3.63) is 17.5 Å². The molecule has 0 saturated carbocycles. The average Bonchev–Trinajstić information content (AvgIpc) is 2.85. The van der Waals surface area contributed by atoms with E-state index in [1.807, 2.05) is 0 Å². The van der Waals surface area contributed by atoms with Gasteiger partial charge in [0.2, 0.25) is 0 Å². The third-order valence-electron chi connectivity index (χ3n) is 3.27. The fourth-order valence-electron chi connectivity index (χ4n) is 2.32. The Labute approximate surface area is 97.4 Å². The Morgan fingerprint density at radius 3 is 2.88 bits per heavy atom. The van der Waals surface area contributed by atoms with Gasteiger partial charge in [0.05, 0.1) is 11.4 Å². The van der Waals surface area contributed by atoms with Gasteiger partial charge >= 0.3 is 0 Å². The van der Waals surface area contributed by atoms with Crippen molar-refractivity contribution in [3.63, 3.8) is 0 Å². The fraction of sp³-hybridized carbons (Fsp3) is 0.750. The summed E-state index contributed by atoms with van der Waals surface area (Å²) in [6.07, 6.45) is 2.14. The molecule has 0 bridgehead atoms. The predicted molar refractivity (Wildman–Crippen MR) is 65.1 cm³/mol. The second kappa shape index (κ2) is 4.97. The summed E-state index contributed by atoms with van der Waals surface area (Å²) >= 11 is 0. The molecule has 1 saturated heterocycles. The molecule has 90 valence electrons. The van der Waals surface area contributed by atoms with E-state index in [9.17, 15) is 0 Å². The molecule has 2 heterocycles. The first-order valence-electron chi connectivity index (χ1n) is 6.26. The lowest BCUT2D eigenvalue weighted by molar-refractivity contribution is 0.315. The highest BCUT2D eigenvalue weighted by Crippen LogP contribution is 2.13. The summed E-state index contributed by atoms with van der Waals surface area (Å²) in [6, 6.07) is 2.59. The first-order chi connectivity index (χ1) is 7.72. The monoisotopic (exact) mass is 222 g/mol. The number of nitrogens with two attached hydrogens (primary N) is 1. The summed E-state index contributed by atoms with van der Waals surface area (Å²) < 4.78 is 2.11. The van der Waals surface area contributed by atoms with E-state index < -0.39 is 0 Å². The van der Waals surface area contributed by atoms with Crippen LogP contribution in [0.1, 0.15) is 31.7 Å². The maximum absolute atomic E-state index is 5.92. The summed E-state index contributed by atoms with van der Waals surface area (Å²) in [5.74, 6) is 0. The highest BCUT2D eigenvalue weighted by molar-refractivity contribution is 5.10. The molecule has 4 nitrogen and oxygen atoms in total. The van der Waals surface area contributed by atoms with Crippen LogP contribution in [0.5, 0.6) is 0 Å². The molecule has 1 aromatic rings. The van der Waals surface area contributed by atoms with Gasteiger partial charge in [0.25, 0.3) is 0 Å². The number of likely N-dealkylation sites (tertiary alicyclic amines) is 1. The van der Waals surface area contributed by atoms with Gasteiger partial charge in [0.15, 0.2) is 0 Å². The molecule has 0 aromatic carbocycles. The molecule has 1 atom stereocenters. The summed E-state index contributed by atoms with van der Waals surface area (Å²) in [4.78, 5) is 2.42. The van der Waals surface area contributed by atoms with E-state index in [-0.39, 0.29) is 0 Å². The van der Waals surface area contributed by atoms with Crippen LogP contribution in [0.25, 0.3) is 0 Å². The van der Waals surface area contributed by atoms with Crippen LogP contribution in [0.3, 0.4) is 0 Å². The van der Waals surface area contributed by atoms with Gasteiger partial charge in [0.1, 0.15) is 0 Å². The minimum Gasteiger partial charge on any atom is -0.326 e. The first-order valence-corrected chi connectivity index (χ1v) is 6.26. The third-order valence-corrected chi connectivity index (χ3v) is 3.27. The Kier molecular flexibility index (Phi) is 3.61. The van der Waals surface area contributed by atoms with E-state index in [4.69, 9.17) is 5.73 Å². The smallest absolute Gasteiger partial charge is 0.0625 e. The van der Waals surface area contributed by atoms with Crippen LogP contribution in [0, 0.1) is 0 Å². The number of aromatic nitrogens is 2. The Hall–Kier alpha value is -0.870. The normalized spacial score (nSPS) is 21.8. The Morgan fingerprint density at radius 1 is 1.50 bits per heavy atom. The molecule has 1 aromatic heterocycles. The van der Waals surface area contributed by atoms with Crippen LogP contribution < -0.4 is 5.73 Å². The van der Waals surface area contributed by atoms with Crippen LogP contribution >= 0.6 is 0 Å². The number of hydrogen-bond donors (Lipinski definition) is 1. The zero-order valence-electron chi connectivity index (χ0n) is 10.3. The van der Waals surface area contributed by atoms with Gasteiger partial charge in [-0.1, -0.05) is 6.92 Å². The van der Waals surface area contributed by atoms with Gasteiger partial charge in [-0.25, -0.2) is 0 Å². The summed E-state index contributed by atoms with van der Waals surface area (Å²) in [7, 11) is 0. The van der Waals surface area contributed by atoms with Gasteiger partial charge in [-0.3, -0.25) is 9.58 Å². The molecule has 0 aliphatic carbocycles. The van der Waals surface area contributed by atoms with Crippen molar-refractivity contribution in [2.75, 3.05) is 13.1 Å². The lowest BCUT2D eigenvalue weighted by atomic mass is 10.3. The van der Waals surface area contributed by atoms with Crippen LogP contribution in [-0.4, -0.2) is 33.8 Å². The first kappa shape index (κ1) is 11.6. The van der Waals surface area contributed by atoms with Gasteiger partial charge in [-0.05, 0) is 25.8 Å². The lowest BCUT2D eigenvalue weighted by Gasteiger charge is -2.15.